The van der Waals surface area contributed by atoms with Crippen molar-refractivity contribution in [3.8, 4) is 5.88 Å². The predicted molar refractivity (Wildman–Crippen MR) is 118 cm³/mol. The van der Waals surface area contributed by atoms with E-state index in [2.05, 4.69) is 20.6 Å². The summed E-state index contributed by atoms with van der Waals surface area (Å²) in [5.41, 5.74) is 1.01. The molecule has 0 spiro atoms. The number of aromatic nitrogens is 2. The second-order valence-corrected chi connectivity index (χ2v) is 8.25. The second-order valence-electron chi connectivity index (χ2n) is 8.25. The van der Waals surface area contributed by atoms with Crippen molar-refractivity contribution in [1.82, 2.24) is 15.3 Å². The number of amides is 3. The Kier molecular flexibility index (Phi) is 6.92. The van der Waals surface area contributed by atoms with Gasteiger partial charge in [-0.15, -0.1) is 0 Å². The lowest BCUT2D eigenvalue weighted by Gasteiger charge is -2.22. The molecule has 0 saturated carbocycles. The van der Waals surface area contributed by atoms with Crippen LogP contribution in [0.15, 0.2) is 30.3 Å². The lowest BCUT2D eigenvalue weighted by Crippen LogP contribution is -2.37. The molecule has 1 aromatic heterocycles. The summed E-state index contributed by atoms with van der Waals surface area (Å²) in [6.45, 7) is 7.63. The van der Waals surface area contributed by atoms with Gasteiger partial charge in [0, 0.05) is 18.3 Å². The van der Waals surface area contributed by atoms with Crippen LogP contribution in [0.2, 0.25) is 0 Å². The van der Waals surface area contributed by atoms with Gasteiger partial charge in [0.2, 0.25) is 17.7 Å². The molecule has 10 heteroatoms. The zero-order valence-electron chi connectivity index (χ0n) is 18.6. The highest BCUT2D eigenvalue weighted by Gasteiger charge is 2.25. The lowest BCUT2D eigenvalue weighted by molar-refractivity contribution is -0.117. The van der Waals surface area contributed by atoms with E-state index in [-0.39, 0.29) is 30.9 Å². The fourth-order valence-corrected chi connectivity index (χ4v) is 3.09. The molecule has 0 saturated heterocycles. The van der Waals surface area contributed by atoms with Gasteiger partial charge in [0.15, 0.2) is 0 Å². The minimum Gasteiger partial charge on any atom is -0.477 e. The molecule has 0 atom stereocenters. The van der Waals surface area contributed by atoms with Gasteiger partial charge in [-0.1, -0.05) is 12.1 Å². The van der Waals surface area contributed by atoms with Crippen LogP contribution in [0.25, 0.3) is 0 Å². The fourth-order valence-electron chi connectivity index (χ4n) is 3.09. The third-order valence-corrected chi connectivity index (χ3v) is 4.36. The van der Waals surface area contributed by atoms with Gasteiger partial charge in [0.05, 0.1) is 24.4 Å². The second kappa shape index (κ2) is 9.63. The van der Waals surface area contributed by atoms with Gasteiger partial charge >= 0.3 is 6.09 Å². The van der Waals surface area contributed by atoms with E-state index < -0.39 is 11.7 Å². The highest BCUT2D eigenvalue weighted by molar-refractivity contribution is 6.09. The summed E-state index contributed by atoms with van der Waals surface area (Å²) < 4.78 is 10.9. The molecule has 0 bridgehead atoms. The number of carbonyl (C=O) groups is 3. The first-order valence-electron chi connectivity index (χ1n) is 10.3. The topological polar surface area (TPSA) is 123 Å². The summed E-state index contributed by atoms with van der Waals surface area (Å²) in [6.07, 6.45) is -0.151. The number of carbonyl (C=O) groups excluding carboxylic acids is 3. The largest absolute Gasteiger partial charge is 0.477 e. The Labute approximate surface area is 186 Å². The lowest BCUT2D eigenvalue weighted by atomic mass is 10.1. The van der Waals surface area contributed by atoms with Crippen LogP contribution < -0.4 is 20.3 Å². The zero-order valence-corrected chi connectivity index (χ0v) is 18.6. The van der Waals surface area contributed by atoms with Crippen LogP contribution in [-0.4, -0.2) is 53.2 Å². The Hall–Kier alpha value is -3.69. The van der Waals surface area contributed by atoms with E-state index in [1.165, 1.54) is 0 Å². The number of benzene rings is 1. The molecule has 170 valence electrons. The Balaban J connectivity index is 1.59. The highest BCUT2D eigenvalue weighted by Crippen LogP contribution is 2.23. The van der Waals surface area contributed by atoms with Crippen molar-refractivity contribution in [2.45, 2.75) is 39.7 Å². The average Bonchev–Trinajstić information content (AvgIpc) is 2.81. The van der Waals surface area contributed by atoms with Gasteiger partial charge in [0.25, 0.3) is 5.91 Å². The Bertz CT molecular complexity index is 1020. The molecular weight excluding hydrogens is 414 g/mol. The van der Waals surface area contributed by atoms with Crippen LogP contribution in [0.4, 0.5) is 16.4 Å². The third kappa shape index (κ3) is 6.16. The molecule has 3 amide bonds. The number of anilines is 2. The number of rotatable bonds is 6. The van der Waals surface area contributed by atoms with Crippen LogP contribution in [0.5, 0.6) is 5.88 Å². The molecule has 2 aromatic rings. The van der Waals surface area contributed by atoms with Gasteiger partial charge in [0.1, 0.15) is 5.60 Å². The van der Waals surface area contributed by atoms with E-state index in [4.69, 9.17) is 9.47 Å². The molecule has 0 radical (unpaired) electrons. The van der Waals surface area contributed by atoms with Crippen LogP contribution in [-0.2, 0) is 9.53 Å². The summed E-state index contributed by atoms with van der Waals surface area (Å²) in [7, 11) is 0. The maximum absolute atomic E-state index is 12.5. The SMILES string of the molecule is Cc1cc(OCCCN2C(=O)CNC(=O)c3ccccc32)nc(NC(=O)OC(C)(C)C)n1. The first-order valence-corrected chi connectivity index (χ1v) is 10.3. The summed E-state index contributed by atoms with van der Waals surface area (Å²) in [6, 6.07) is 8.64. The maximum atomic E-state index is 12.5. The van der Waals surface area contributed by atoms with Crippen LogP contribution in [0, 0.1) is 6.92 Å². The van der Waals surface area contributed by atoms with E-state index in [1.807, 2.05) is 0 Å². The van der Waals surface area contributed by atoms with Crippen molar-refractivity contribution in [3.63, 3.8) is 0 Å². The van der Waals surface area contributed by atoms with Crippen molar-refractivity contribution in [2.75, 3.05) is 29.9 Å². The van der Waals surface area contributed by atoms with Gasteiger partial charge in [-0.3, -0.25) is 14.9 Å². The highest BCUT2D eigenvalue weighted by atomic mass is 16.6. The number of para-hydroxylation sites is 1. The van der Waals surface area contributed by atoms with Gasteiger partial charge < -0.3 is 19.7 Å². The van der Waals surface area contributed by atoms with Crippen molar-refractivity contribution < 1.29 is 23.9 Å². The van der Waals surface area contributed by atoms with Crippen molar-refractivity contribution >= 4 is 29.5 Å². The summed E-state index contributed by atoms with van der Waals surface area (Å²) >= 11 is 0. The maximum Gasteiger partial charge on any atom is 0.414 e. The van der Waals surface area contributed by atoms with Crippen LogP contribution in [0.1, 0.15) is 43.2 Å². The molecule has 0 fully saturated rings. The fraction of sp³-hybridized carbons (Fsp3) is 0.409. The van der Waals surface area contributed by atoms with Gasteiger partial charge in [-0.2, -0.15) is 4.98 Å². The van der Waals surface area contributed by atoms with Crippen LogP contribution in [0.3, 0.4) is 0 Å². The average molecular weight is 441 g/mol. The van der Waals surface area contributed by atoms with Gasteiger partial charge in [-0.05, 0) is 46.2 Å². The number of hydrogen-bond acceptors (Lipinski definition) is 7. The molecule has 2 heterocycles. The zero-order chi connectivity index (χ0) is 23.3. The Morgan fingerprint density at radius 1 is 1.22 bits per heavy atom. The minimum atomic E-state index is -0.657. The normalized spacial score (nSPS) is 13.7. The minimum absolute atomic E-state index is 0.0564. The van der Waals surface area contributed by atoms with E-state index >= 15 is 0 Å². The van der Waals surface area contributed by atoms with E-state index in [9.17, 15) is 14.4 Å². The number of hydrogen-bond donors (Lipinski definition) is 2. The first-order chi connectivity index (χ1) is 15.1. The molecule has 2 N–H and O–H groups in total. The number of aryl methyl sites for hydroxylation is 1. The monoisotopic (exact) mass is 441 g/mol. The summed E-state index contributed by atoms with van der Waals surface area (Å²) in [4.78, 5) is 46.5. The quantitative estimate of drug-likeness (QED) is 0.661. The van der Waals surface area contributed by atoms with Crippen LogP contribution >= 0.6 is 0 Å². The molecule has 10 nitrogen and oxygen atoms in total. The molecule has 1 aromatic carbocycles. The molecule has 1 aliphatic heterocycles. The Morgan fingerprint density at radius 2 is 1.97 bits per heavy atom. The molecule has 3 rings (SSSR count). The number of ether oxygens (including phenoxy) is 2. The Morgan fingerprint density at radius 3 is 2.72 bits per heavy atom. The standard InChI is InChI=1S/C22H27N5O5/c1-14-12-17(25-20(24-14)26-21(30)32-22(2,3)4)31-11-7-10-27-16-9-6-5-8-15(16)19(29)23-13-18(27)28/h5-6,8-9,12H,7,10-11,13H2,1-4H3,(H,23,29)(H,24,25,26,30). The predicted octanol–water partition coefficient (Wildman–Crippen LogP) is 2.68. The number of nitrogens with one attached hydrogen (secondary N) is 2. The van der Waals surface area contributed by atoms with Crippen molar-refractivity contribution in [3.05, 3.63) is 41.6 Å². The smallest absolute Gasteiger partial charge is 0.414 e. The molecule has 0 aliphatic carbocycles. The van der Waals surface area contributed by atoms with E-state index in [0.717, 1.165) is 0 Å². The van der Waals surface area contributed by atoms with E-state index in [0.29, 0.717) is 35.8 Å². The van der Waals surface area contributed by atoms with Gasteiger partial charge in [-0.25, -0.2) is 9.78 Å². The molecule has 0 unspecified atom stereocenters. The molecular formula is C22H27N5O5. The van der Waals surface area contributed by atoms with Crippen molar-refractivity contribution in [2.24, 2.45) is 0 Å². The summed E-state index contributed by atoms with van der Waals surface area (Å²) in [5.74, 6) is -0.0855. The number of fused-ring (bicyclic) bond motifs is 1. The first kappa shape index (κ1) is 23.0. The third-order valence-electron chi connectivity index (χ3n) is 4.36. The summed E-state index contributed by atoms with van der Waals surface area (Å²) in [5, 5.41) is 5.11. The molecule has 32 heavy (non-hydrogen) atoms. The number of nitrogens with zero attached hydrogens (tertiary/aromatic N) is 3. The van der Waals surface area contributed by atoms with E-state index in [1.54, 1.807) is 62.9 Å². The molecule has 1 aliphatic rings. The van der Waals surface area contributed by atoms with Crippen molar-refractivity contribution in [1.29, 1.82) is 0 Å².